The lowest BCUT2D eigenvalue weighted by molar-refractivity contribution is 0.215. The number of nitrogens with two attached hydrogens (primary N) is 1. The van der Waals surface area contributed by atoms with E-state index in [-0.39, 0.29) is 5.41 Å². The Balaban J connectivity index is 2.05. The number of nitrogens with one attached hydrogen (secondary N) is 1. The Kier molecular flexibility index (Phi) is 4.71. The third-order valence-corrected chi connectivity index (χ3v) is 4.41. The maximum atomic E-state index is 6.10. The lowest BCUT2D eigenvalue weighted by atomic mass is 9.74. The highest BCUT2D eigenvalue weighted by atomic mass is 35.5. The Morgan fingerprint density at radius 2 is 1.78 bits per heavy atom. The summed E-state index contributed by atoms with van der Waals surface area (Å²) in [6.45, 7) is 1.53. The molecule has 100 valence electrons. The summed E-state index contributed by atoms with van der Waals surface area (Å²) in [5.74, 6) is 0. The number of nitrogens with zero attached hydrogens (tertiary/aromatic N) is 1. The van der Waals surface area contributed by atoms with Crippen molar-refractivity contribution in [2.75, 3.05) is 18.4 Å². The maximum Gasteiger partial charge on any atom is 0.0836 e. The van der Waals surface area contributed by atoms with Crippen molar-refractivity contribution in [2.45, 2.75) is 32.1 Å². The smallest absolute Gasteiger partial charge is 0.0836 e. The number of anilines is 1. The van der Waals surface area contributed by atoms with Gasteiger partial charge in [0.2, 0.25) is 0 Å². The number of hydrogen-bond donors (Lipinski definition) is 2. The molecule has 1 saturated carbocycles. The molecule has 18 heavy (non-hydrogen) atoms. The zero-order valence-corrected chi connectivity index (χ0v) is 11.9. The van der Waals surface area contributed by atoms with E-state index in [2.05, 4.69) is 10.3 Å². The van der Waals surface area contributed by atoms with Gasteiger partial charge in [-0.2, -0.15) is 0 Å². The zero-order chi connectivity index (χ0) is 13.0. The third-order valence-electron chi connectivity index (χ3n) is 3.84. The summed E-state index contributed by atoms with van der Waals surface area (Å²) in [5, 5.41) is 4.48. The molecule has 2 rings (SSSR count). The lowest BCUT2D eigenvalue weighted by Gasteiger charge is -2.36. The van der Waals surface area contributed by atoms with Gasteiger partial charge in [0.05, 0.1) is 15.7 Å². The topological polar surface area (TPSA) is 50.9 Å². The first kappa shape index (κ1) is 13.9. The van der Waals surface area contributed by atoms with Gasteiger partial charge in [-0.3, -0.25) is 4.98 Å². The Bertz CT molecular complexity index is 383. The molecule has 3 nitrogen and oxygen atoms in total. The van der Waals surface area contributed by atoms with E-state index in [1.54, 1.807) is 12.4 Å². The Morgan fingerprint density at radius 3 is 2.33 bits per heavy atom. The Hall–Kier alpha value is -0.510. The quantitative estimate of drug-likeness (QED) is 0.888. The van der Waals surface area contributed by atoms with Crippen molar-refractivity contribution in [3.05, 3.63) is 22.4 Å². The second kappa shape index (κ2) is 6.09. The van der Waals surface area contributed by atoms with E-state index in [4.69, 9.17) is 28.9 Å². The molecule has 0 amide bonds. The highest BCUT2D eigenvalue weighted by molar-refractivity contribution is 6.38. The monoisotopic (exact) mass is 287 g/mol. The van der Waals surface area contributed by atoms with E-state index < -0.39 is 0 Å². The van der Waals surface area contributed by atoms with E-state index in [9.17, 15) is 0 Å². The van der Waals surface area contributed by atoms with Gasteiger partial charge in [-0.25, -0.2) is 0 Å². The van der Waals surface area contributed by atoms with Gasteiger partial charge >= 0.3 is 0 Å². The van der Waals surface area contributed by atoms with E-state index in [0.29, 0.717) is 16.6 Å². The number of rotatable bonds is 4. The molecule has 1 aliphatic rings. The van der Waals surface area contributed by atoms with Crippen molar-refractivity contribution in [3.8, 4) is 0 Å². The fraction of sp³-hybridized carbons (Fsp3) is 0.615. The van der Waals surface area contributed by atoms with Crippen molar-refractivity contribution in [1.82, 2.24) is 4.98 Å². The average molecular weight is 288 g/mol. The molecule has 1 aliphatic carbocycles. The molecular weight excluding hydrogens is 269 g/mol. The fourth-order valence-electron chi connectivity index (χ4n) is 2.61. The second-order valence-corrected chi connectivity index (χ2v) is 5.91. The van der Waals surface area contributed by atoms with E-state index in [1.807, 2.05) is 0 Å². The molecule has 1 aromatic rings. The molecule has 5 heteroatoms. The molecule has 0 unspecified atom stereocenters. The zero-order valence-electron chi connectivity index (χ0n) is 10.4. The first-order chi connectivity index (χ1) is 8.67. The first-order valence-electron chi connectivity index (χ1n) is 6.40. The second-order valence-electron chi connectivity index (χ2n) is 5.10. The molecule has 3 N–H and O–H groups in total. The third kappa shape index (κ3) is 3.08. The lowest BCUT2D eigenvalue weighted by Crippen LogP contribution is -2.39. The highest BCUT2D eigenvalue weighted by Gasteiger charge is 2.30. The van der Waals surface area contributed by atoms with E-state index in [0.717, 1.165) is 12.2 Å². The van der Waals surface area contributed by atoms with Crippen LogP contribution in [0.15, 0.2) is 12.4 Å². The standard InChI is InChI=1S/C13H19Cl2N3/c14-10-6-17-7-11(15)12(10)18-9-13(8-16)4-2-1-3-5-13/h6-7H,1-5,8-9,16H2,(H,17,18). The van der Waals surface area contributed by atoms with Crippen molar-refractivity contribution >= 4 is 28.9 Å². The van der Waals surface area contributed by atoms with Crippen LogP contribution in [0.2, 0.25) is 10.0 Å². The van der Waals surface area contributed by atoms with Gasteiger partial charge in [0.25, 0.3) is 0 Å². The van der Waals surface area contributed by atoms with Crippen LogP contribution in [-0.2, 0) is 0 Å². The van der Waals surface area contributed by atoms with Crippen LogP contribution in [0.25, 0.3) is 0 Å². The van der Waals surface area contributed by atoms with Gasteiger partial charge in [-0.05, 0) is 24.8 Å². The average Bonchev–Trinajstić information content (AvgIpc) is 2.39. The van der Waals surface area contributed by atoms with Gasteiger partial charge in [-0.15, -0.1) is 0 Å². The molecule has 0 atom stereocenters. The predicted molar refractivity (Wildman–Crippen MR) is 77.3 cm³/mol. The predicted octanol–water partition coefficient (Wildman–Crippen LogP) is 3.71. The van der Waals surface area contributed by atoms with Crippen LogP contribution in [0.5, 0.6) is 0 Å². The summed E-state index contributed by atoms with van der Waals surface area (Å²) >= 11 is 12.2. The van der Waals surface area contributed by atoms with Crippen LogP contribution in [0, 0.1) is 5.41 Å². The van der Waals surface area contributed by atoms with Crippen LogP contribution >= 0.6 is 23.2 Å². The fourth-order valence-corrected chi connectivity index (χ4v) is 3.11. The van der Waals surface area contributed by atoms with Crippen LogP contribution < -0.4 is 11.1 Å². The molecule has 0 bridgehead atoms. The van der Waals surface area contributed by atoms with Crippen LogP contribution in [-0.4, -0.2) is 18.1 Å². The van der Waals surface area contributed by atoms with Crippen molar-refractivity contribution in [1.29, 1.82) is 0 Å². The largest absolute Gasteiger partial charge is 0.382 e. The van der Waals surface area contributed by atoms with Crippen molar-refractivity contribution in [2.24, 2.45) is 11.1 Å². The van der Waals surface area contributed by atoms with Crippen molar-refractivity contribution in [3.63, 3.8) is 0 Å². The number of aromatic nitrogens is 1. The summed E-state index contributed by atoms with van der Waals surface area (Å²) in [4.78, 5) is 3.95. The molecule has 1 aromatic heterocycles. The molecule has 0 saturated heterocycles. The van der Waals surface area contributed by atoms with Crippen LogP contribution in [0.4, 0.5) is 5.69 Å². The molecule has 1 fully saturated rings. The highest BCUT2D eigenvalue weighted by Crippen LogP contribution is 2.37. The van der Waals surface area contributed by atoms with Gasteiger partial charge in [0.15, 0.2) is 0 Å². The first-order valence-corrected chi connectivity index (χ1v) is 7.15. The summed E-state index contributed by atoms with van der Waals surface area (Å²) in [5.41, 5.74) is 6.92. The SMILES string of the molecule is NCC1(CNc2c(Cl)cncc2Cl)CCCCC1. The molecule has 0 aromatic carbocycles. The van der Waals surface area contributed by atoms with E-state index in [1.165, 1.54) is 32.1 Å². The van der Waals surface area contributed by atoms with E-state index >= 15 is 0 Å². The molecular formula is C13H19Cl2N3. The van der Waals surface area contributed by atoms with Gasteiger partial charge in [-0.1, -0.05) is 42.5 Å². The van der Waals surface area contributed by atoms with Gasteiger partial charge < -0.3 is 11.1 Å². The van der Waals surface area contributed by atoms with Crippen LogP contribution in [0.1, 0.15) is 32.1 Å². The van der Waals surface area contributed by atoms with Gasteiger partial charge in [0, 0.05) is 18.9 Å². The van der Waals surface area contributed by atoms with Crippen molar-refractivity contribution < 1.29 is 0 Å². The van der Waals surface area contributed by atoms with Crippen LogP contribution in [0.3, 0.4) is 0 Å². The number of pyridine rings is 1. The summed E-state index contributed by atoms with van der Waals surface area (Å²) < 4.78 is 0. The maximum absolute atomic E-state index is 6.10. The molecule has 0 spiro atoms. The number of halogens is 2. The molecule has 0 radical (unpaired) electrons. The normalized spacial score (nSPS) is 18.6. The summed E-state index contributed by atoms with van der Waals surface area (Å²) in [6.07, 6.45) is 9.40. The van der Waals surface area contributed by atoms with Gasteiger partial charge in [0.1, 0.15) is 0 Å². The minimum atomic E-state index is 0.189. The summed E-state index contributed by atoms with van der Waals surface area (Å²) in [7, 11) is 0. The number of hydrogen-bond acceptors (Lipinski definition) is 3. The summed E-state index contributed by atoms with van der Waals surface area (Å²) in [6, 6.07) is 0. The molecule has 1 heterocycles. The Labute approximate surface area is 118 Å². The minimum absolute atomic E-state index is 0.189. The molecule has 0 aliphatic heterocycles. The minimum Gasteiger partial charge on any atom is -0.382 e. The Morgan fingerprint density at radius 1 is 1.17 bits per heavy atom.